The molecule has 1 aliphatic rings. The highest BCUT2D eigenvalue weighted by Gasteiger charge is 2.26. The Labute approximate surface area is 129 Å². The Morgan fingerprint density at radius 2 is 2.41 bits per heavy atom. The third-order valence-electron chi connectivity index (χ3n) is 3.75. The first-order valence-electron chi connectivity index (χ1n) is 7.65. The van der Waals surface area contributed by atoms with E-state index in [0.717, 1.165) is 18.8 Å². The van der Waals surface area contributed by atoms with Gasteiger partial charge in [0.1, 0.15) is 11.9 Å². The first-order valence-corrected chi connectivity index (χ1v) is 7.65. The minimum atomic E-state index is -0.461. The Balaban J connectivity index is 1.53. The van der Waals surface area contributed by atoms with Gasteiger partial charge in [-0.15, -0.1) is 0 Å². The number of nitrogens with zero attached hydrogens (tertiary/aromatic N) is 5. The molecule has 0 bridgehead atoms. The monoisotopic (exact) mass is 306 g/mol. The van der Waals surface area contributed by atoms with Crippen LogP contribution in [0.25, 0.3) is 0 Å². The van der Waals surface area contributed by atoms with Crippen molar-refractivity contribution in [3.63, 3.8) is 0 Å². The topological polar surface area (TPSA) is 92.1 Å². The van der Waals surface area contributed by atoms with Crippen LogP contribution in [0.5, 0.6) is 0 Å². The second-order valence-corrected chi connectivity index (χ2v) is 5.49. The lowest BCUT2D eigenvalue weighted by atomic mass is 10.2. The molecule has 8 nitrogen and oxygen atoms in total. The van der Waals surface area contributed by atoms with E-state index in [2.05, 4.69) is 25.2 Å². The first kappa shape index (κ1) is 15.1. The number of morpholine rings is 1. The zero-order valence-corrected chi connectivity index (χ0v) is 12.7. The number of H-pyrrole nitrogens is 1. The van der Waals surface area contributed by atoms with Crippen molar-refractivity contribution >= 4 is 0 Å². The molecular weight excluding hydrogens is 284 g/mol. The second kappa shape index (κ2) is 6.99. The van der Waals surface area contributed by atoms with Gasteiger partial charge in [0.15, 0.2) is 5.82 Å². The first-order chi connectivity index (χ1) is 10.7. The maximum Gasteiger partial charge on any atom is 0.180 e. The number of aromatic amines is 1. The molecule has 8 heteroatoms. The fraction of sp³-hybridized carbons (Fsp3) is 0.643. The summed E-state index contributed by atoms with van der Waals surface area (Å²) in [6.45, 7) is 5.23. The Hall–Kier alpha value is -1.77. The third kappa shape index (κ3) is 3.70. The highest BCUT2D eigenvalue weighted by atomic mass is 16.5. The molecule has 2 N–H and O–H groups in total. The van der Waals surface area contributed by atoms with Crippen LogP contribution in [0.3, 0.4) is 0 Å². The van der Waals surface area contributed by atoms with Crippen molar-refractivity contribution in [3.8, 4) is 0 Å². The molecule has 0 amide bonds. The van der Waals surface area contributed by atoms with E-state index in [9.17, 15) is 5.11 Å². The average Bonchev–Trinajstić information content (AvgIpc) is 3.18. The zero-order valence-electron chi connectivity index (χ0n) is 12.7. The Bertz CT molecular complexity index is 570. The lowest BCUT2D eigenvalue weighted by molar-refractivity contribution is -0.0473. The highest BCUT2D eigenvalue weighted by molar-refractivity contribution is 4.96. The van der Waals surface area contributed by atoms with Crippen LogP contribution in [0.15, 0.2) is 18.5 Å². The molecule has 3 rings (SSSR count). The molecule has 1 fully saturated rings. The number of nitrogens with one attached hydrogen (secondary N) is 1. The van der Waals surface area contributed by atoms with Gasteiger partial charge < -0.3 is 9.84 Å². The van der Waals surface area contributed by atoms with Gasteiger partial charge in [0.05, 0.1) is 19.3 Å². The van der Waals surface area contributed by atoms with Gasteiger partial charge in [0.25, 0.3) is 0 Å². The van der Waals surface area contributed by atoms with Crippen molar-refractivity contribution < 1.29 is 9.84 Å². The van der Waals surface area contributed by atoms with Gasteiger partial charge in [-0.25, -0.2) is 4.98 Å². The fourth-order valence-corrected chi connectivity index (χ4v) is 2.62. The fourth-order valence-electron chi connectivity index (χ4n) is 2.62. The molecule has 120 valence electrons. The molecule has 22 heavy (non-hydrogen) atoms. The smallest absolute Gasteiger partial charge is 0.180 e. The molecule has 0 radical (unpaired) electrons. The van der Waals surface area contributed by atoms with Gasteiger partial charge in [0.2, 0.25) is 0 Å². The summed E-state index contributed by atoms with van der Waals surface area (Å²) in [6.07, 6.45) is 3.79. The number of rotatable bonds is 6. The maximum atomic E-state index is 10.2. The van der Waals surface area contributed by atoms with Crippen LogP contribution in [-0.2, 0) is 17.7 Å². The van der Waals surface area contributed by atoms with Crippen molar-refractivity contribution in [1.29, 1.82) is 0 Å². The summed E-state index contributed by atoms with van der Waals surface area (Å²) in [5.74, 6) is 1.57. The molecular formula is C14H22N6O2. The molecule has 2 aromatic heterocycles. The van der Waals surface area contributed by atoms with E-state index >= 15 is 0 Å². The van der Waals surface area contributed by atoms with E-state index in [4.69, 9.17) is 4.74 Å². The van der Waals surface area contributed by atoms with Crippen molar-refractivity contribution in [3.05, 3.63) is 30.1 Å². The predicted molar refractivity (Wildman–Crippen MR) is 79.1 cm³/mol. The number of hydrogen-bond acceptors (Lipinski definition) is 6. The number of ether oxygens (including phenoxy) is 1. The van der Waals surface area contributed by atoms with Crippen LogP contribution < -0.4 is 0 Å². The molecule has 2 aromatic rings. The van der Waals surface area contributed by atoms with Gasteiger partial charge >= 0.3 is 0 Å². The number of aliphatic hydroxyl groups excluding tert-OH is 1. The summed E-state index contributed by atoms with van der Waals surface area (Å²) in [5, 5.41) is 21.4. The van der Waals surface area contributed by atoms with Gasteiger partial charge in [-0.2, -0.15) is 10.2 Å². The van der Waals surface area contributed by atoms with Gasteiger partial charge in [-0.3, -0.25) is 14.7 Å². The molecule has 0 spiro atoms. The van der Waals surface area contributed by atoms with Crippen LogP contribution in [0.1, 0.15) is 24.7 Å². The van der Waals surface area contributed by atoms with Crippen LogP contribution >= 0.6 is 0 Å². The Morgan fingerprint density at radius 1 is 1.50 bits per heavy atom. The van der Waals surface area contributed by atoms with Crippen molar-refractivity contribution in [2.75, 3.05) is 26.2 Å². The molecule has 0 aromatic carbocycles. The summed E-state index contributed by atoms with van der Waals surface area (Å²) in [4.78, 5) is 6.62. The quantitative estimate of drug-likeness (QED) is 0.780. The van der Waals surface area contributed by atoms with Gasteiger partial charge in [0, 0.05) is 38.4 Å². The van der Waals surface area contributed by atoms with Gasteiger partial charge in [-0.05, 0) is 6.07 Å². The number of aromatic nitrogens is 5. The standard InChI is InChI=1S/C14H22N6O2/c1-2-13-16-14(18-17-13)12-10-19(6-7-22-12)8-11(21)9-20-5-3-4-15-20/h3-5,11-12,21H,2,6-10H2,1H3,(H,16,17,18)/t11-,12-/m0/s1. The largest absolute Gasteiger partial charge is 0.390 e. The minimum absolute atomic E-state index is 0.137. The van der Waals surface area contributed by atoms with E-state index < -0.39 is 6.10 Å². The maximum absolute atomic E-state index is 10.2. The molecule has 3 heterocycles. The lowest BCUT2D eigenvalue weighted by Gasteiger charge is -2.32. The summed E-state index contributed by atoms with van der Waals surface area (Å²) in [7, 11) is 0. The minimum Gasteiger partial charge on any atom is -0.390 e. The van der Waals surface area contributed by atoms with Gasteiger partial charge in [-0.1, -0.05) is 6.92 Å². The van der Waals surface area contributed by atoms with Crippen molar-refractivity contribution in [2.24, 2.45) is 0 Å². The van der Waals surface area contributed by atoms with Crippen LogP contribution in [0, 0.1) is 0 Å². The average molecular weight is 306 g/mol. The molecule has 0 unspecified atom stereocenters. The predicted octanol–water partition coefficient (Wildman–Crippen LogP) is -0.00200. The third-order valence-corrected chi connectivity index (χ3v) is 3.75. The summed E-state index contributed by atoms with van der Waals surface area (Å²) in [6, 6.07) is 1.85. The molecule has 1 saturated heterocycles. The Kier molecular flexibility index (Phi) is 4.81. The Morgan fingerprint density at radius 3 is 3.14 bits per heavy atom. The van der Waals surface area contributed by atoms with Crippen LogP contribution in [0.4, 0.5) is 0 Å². The number of aliphatic hydroxyl groups is 1. The van der Waals surface area contributed by atoms with Crippen LogP contribution in [0.2, 0.25) is 0 Å². The second-order valence-electron chi connectivity index (χ2n) is 5.49. The highest BCUT2D eigenvalue weighted by Crippen LogP contribution is 2.19. The van der Waals surface area contributed by atoms with E-state index in [1.807, 2.05) is 19.2 Å². The molecule has 0 saturated carbocycles. The number of hydrogen-bond donors (Lipinski definition) is 2. The normalized spacial score (nSPS) is 21.1. The van der Waals surface area contributed by atoms with Crippen LogP contribution in [-0.4, -0.2) is 67.3 Å². The SMILES string of the molecule is CCc1nc([C@@H]2CN(C[C@H](O)Cn3cccn3)CCO2)n[nH]1. The molecule has 2 atom stereocenters. The molecule has 1 aliphatic heterocycles. The van der Waals surface area contributed by atoms with E-state index in [0.29, 0.717) is 32.1 Å². The zero-order chi connectivity index (χ0) is 15.4. The summed E-state index contributed by atoms with van der Waals surface area (Å²) in [5.41, 5.74) is 0. The van der Waals surface area contributed by atoms with E-state index in [-0.39, 0.29) is 6.10 Å². The lowest BCUT2D eigenvalue weighted by Crippen LogP contribution is -2.43. The van der Waals surface area contributed by atoms with Crippen molar-refractivity contribution in [1.82, 2.24) is 29.9 Å². The summed E-state index contributed by atoms with van der Waals surface area (Å²) >= 11 is 0. The summed E-state index contributed by atoms with van der Waals surface area (Å²) < 4.78 is 7.50. The number of aryl methyl sites for hydroxylation is 1. The van der Waals surface area contributed by atoms with Crippen molar-refractivity contribution in [2.45, 2.75) is 32.1 Å². The molecule has 0 aliphatic carbocycles. The van der Waals surface area contributed by atoms with E-state index in [1.54, 1.807) is 10.9 Å². The van der Waals surface area contributed by atoms with E-state index in [1.165, 1.54) is 0 Å². The number of β-amino-alcohol motifs (C(OH)–C–C–N with tert-alkyl or cyclic N) is 1.